The van der Waals surface area contributed by atoms with Gasteiger partial charge in [-0.15, -0.1) is 0 Å². The van der Waals surface area contributed by atoms with Crippen molar-refractivity contribution in [3.05, 3.63) is 30.3 Å². The van der Waals surface area contributed by atoms with E-state index < -0.39 is 12.0 Å². The number of hydrogen-bond acceptors (Lipinski definition) is 3. The molecule has 0 aromatic heterocycles. The Morgan fingerprint density at radius 1 is 1.33 bits per heavy atom. The van der Waals surface area contributed by atoms with Crippen LogP contribution in [0.15, 0.2) is 30.3 Å². The number of anilines is 1. The normalized spacial score (nSPS) is 22.7. The van der Waals surface area contributed by atoms with Crippen molar-refractivity contribution in [3.63, 3.8) is 0 Å². The summed E-state index contributed by atoms with van der Waals surface area (Å²) in [5.74, 6) is -0.553. The molecule has 2 rings (SSSR count). The highest BCUT2D eigenvalue weighted by atomic mass is 16.4. The fourth-order valence-electron chi connectivity index (χ4n) is 2.81. The van der Waals surface area contributed by atoms with Crippen LogP contribution in [0, 0.1) is 5.92 Å². The zero-order valence-electron chi connectivity index (χ0n) is 12.3. The quantitative estimate of drug-likeness (QED) is 0.872. The van der Waals surface area contributed by atoms with Crippen molar-refractivity contribution in [2.45, 2.75) is 32.2 Å². The smallest absolute Gasteiger partial charge is 0.320 e. The Hall–Kier alpha value is -1.88. The van der Waals surface area contributed by atoms with Gasteiger partial charge in [-0.25, -0.2) is 0 Å². The summed E-state index contributed by atoms with van der Waals surface area (Å²) < 4.78 is 0. The summed E-state index contributed by atoms with van der Waals surface area (Å²) in [6.07, 6.45) is 2.58. The Bertz CT molecular complexity index is 490. The molecular weight excluding hydrogens is 268 g/mol. The second kappa shape index (κ2) is 7.22. The lowest BCUT2D eigenvalue weighted by Crippen LogP contribution is -2.49. The van der Waals surface area contributed by atoms with Gasteiger partial charge in [0.15, 0.2) is 0 Å². The van der Waals surface area contributed by atoms with Crippen molar-refractivity contribution in [2.24, 2.45) is 5.92 Å². The molecule has 0 radical (unpaired) electrons. The zero-order chi connectivity index (χ0) is 15.2. The van der Waals surface area contributed by atoms with Gasteiger partial charge in [0.25, 0.3) is 0 Å². The Morgan fingerprint density at radius 2 is 2.05 bits per heavy atom. The van der Waals surface area contributed by atoms with Gasteiger partial charge in [-0.2, -0.15) is 0 Å². The van der Waals surface area contributed by atoms with E-state index >= 15 is 0 Å². The summed E-state index contributed by atoms with van der Waals surface area (Å²) >= 11 is 0. The van der Waals surface area contributed by atoms with Crippen molar-refractivity contribution >= 4 is 17.6 Å². The lowest BCUT2D eigenvalue weighted by Gasteiger charge is -2.36. The predicted molar refractivity (Wildman–Crippen MR) is 81.1 cm³/mol. The van der Waals surface area contributed by atoms with Crippen LogP contribution in [0.2, 0.25) is 0 Å². The van der Waals surface area contributed by atoms with Crippen LogP contribution in [0.1, 0.15) is 26.2 Å². The van der Waals surface area contributed by atoms with Crippen molar-refractivity contribution < 1.29 is 14.7 Å². The molecule has 1 amide bonds. The topological polar surface area (TPSA) is 69.6 Å². The van der Waals surface area contributed by atoms with Crippen LogP contribution in [0.4, 0.5) is 5.69 Å². The molecule has 0 bridgehead atoms. The first-order valence-corrected chi connectivity index (χ1v) is 7.42. The van der Waals surface area contributed by atoms with E-state index in [0.717, 1.165) is 18.5 Å². The van der Waals surface area contributed by atoms with Crippen molar-refractivity contribution in [1.82, 2.24) is 4.90 Å². The zero-order valence-corrected chi connectivity index (χ0v) is 12.3. The van der Waals surface area contributed by atoms with Crippen LogP contribution in [0.25, 0.3) is 0 Å². The summed E-state index contributed by atoms with van der Waals surface area (Å²) in [5, 5.41) is 12.2. The molecule has 1 fully saturated rings. The van der Waals surface area contributed by atoms with E-state index in [4.69, 9.17) is 0 Å². The Labute approximate surface area is 125 Å². The maximum atomic E-state index is 12.1. The van der Waals surface area contributed by atoms with Gasteiger partial charge in [-0.3, -0.25) is 14.5 Å². The number of para-hydroxylation sites is 1. The molecule has 2 atom stereocenters. The van der Waals surface area contributed by atoms with E-state index in [9.17, 15) is 14.7 Å². The second-order valence-corrected chi connectivity index (χ2v) is 5.54. The molecule has 1 aromatic carbocycles. The number of amides is 1. The number of piperidine rings is 1. The highest BCUT2D eigenvalue weighted by Crippen LogP contribution is 2.25. The summed E-state index contributed by atoms with van der Waals surface area (Å²) in [4.78, 5) is 25.2. The standard InChI is InChI=1S/C16H22N2O3/c1-2-12-8-9-18(14(10-12)16(20)21)11-15(19)17-13-6-4-3-5-7-13/h3-7,12,14H,2,8-11H2,1H3,(H,17,19)(H,20,21). The molecule has 1 aromatic rings. The van der Waals surface area contributed by atoms with Gasteiger partial charge in [0.1, 0.15) is 6.04 Å². The Morgan fingerprint density at radius 3 is 2.67 bits per heavy atom. The number of nitrogens with zero attached hydrogens (tertiary/aromatic N) is 1. The van der Waals surface area contributed by atoms with Gasteiger partial charge in [0.2, 0.25) is 5.91 Å². The fourth-order valence-corrected chi connectivity index (χ4v) is 2.81. The molecule has 1 aliphatic rings. The van der Waals surface area contributed by atoms with Gasteiger partial charge in [0.05, 0.1) is 6.54 Å². The molecule has 1 heterocycles. The van der Waals surface area contributed by atoms with Crippen molar-refractivity contribution in [2.75, 3.05) is 18.4 Å². The summed E-state index contributed by atoms with van der Waals surface area (Å²) in [6.45, 7) is 2.88. The number of carboxylic acid groups (broad SMARTS) is 1. The van der Waals surface area contributed by atoms with Crippen LogP contribution in [0.5, 0.6) is 0 Å². The fraction of sp³-hybridized carbons (Fsp3) is 0.500. The number of benzene rings is 1. The highest BCUT2D eigenvalue weighted by molar-refractivity contribution is 5.92. The number of nitrogens with one attached hydrogen (secondary N) is 1. The average Bonchev–Trinajstić information content (AvgIpc) is 2.48. The Kier molecular flexibility index (Phi) is 5.33. The lowest BCUT2D eigenvalue weighted by molar-refractivity contribution is -0.145. The molecule has 5 nitrogen and oxygen atoms in total. The number of carbonyl (C=O) groups excluding carboxylic acids is 1. The minimum absolute atomic E-state index is 0.127. The SMILES string of the molecule is CCC1CCN(CC(=O)Nc2ccccc2)C(C(=O)O)C1. The van der Waals surface area contributed by atoms with Crippen LogP contribution in [-0.2, 0) is 9.59 Å². The predicted octanol–water partition coefficient (Wildman–Crippen LogP) is 2.20. The molecule has 1 aliphatic heterocycles. The van der Waals surface area contributed by atoms with Gasteiger partial charge in [-0.05, 0) is 37.4 Å². The van der Waals surface area contributed by atoms with Gasteiger partial charge < -0.3 is 10.4 Å². The summed E-state index contributed by atoms with van der Waals surface area (Å²) in [6, 6.07) is 8.66. The van der Waals surface area contributed by atoms with Crippen LogP contribution >= 0.6 is 0 Å². The lowest BCUT2D eigenvalue weighted by atomic mass is 9.89. The van der Waals surface area contributed by atoms with Gasteiger partial charge >= 0.3 is 5.97 Å². The van der Waals surface area contributed by atoms with E-state index in [1.165, 1.54) is 0 Å². The molecule has 2 N–H and O–H groups in total. The third kappa shape index (κ3) is 4.29. The molecule has 1 saturated heterocycles. The van der Waals surface area contributed by atoms with Crippen LogP contribution in [-0.4, -0.2) is 41.0 Å². The van der Waals surface area contributed by atoms with E-state index in [1.807, 2.05) is 30.3 Å². The highest BCUT2D eigenvalue weighted by Gasteiger charge is 2.33. The largest absolute Gasteiger partial charge is 0.480 e. The first kappa shape index (κ1) is 15.5. The van der Waals surface area contributed by atoms with Crippen molar-refractivity contribution in [3.8, 4) is 0 Å². The number of hydrogen-bond donors (Lipinski definition) is 2. The molecule has 0 aliphatic carbocycles. The minimum atomic E-state index is -0.833. The second-order valence-electron chi connectivity index (χ2n) is 5.54. The first-order chi connectivity index (χ1) is 10.1. The molecule has 0 saturated carbocycles. The summed E-state index contributed by atoms with van der Waals surface area (Å²) in [5.41, 5.74) is 0.734. The van der Waals surface area contributed by atoms with E-state index in [2.05, 4.69) is 12.2 Å². The van der Waals surface area contributed by atoms with Crippen LogP contribution < -0.4 is 5.32 Å². The maximum absolute atomic E-state index is 12.1. The third-order valence-corrected chi connectivity index (χ3v) is 4.09. The third-order valence-electron chi connectivity index (χ3n) is 4.09. The monoisotopic (exact) mass is 290 g/mol. The number of likely N-dealkylation sites (tertiary alicyclic amines) is 1. The van der Waals surface area contributed by atoms with E-state index in [0.29, 0.717) is 18.9 Å². The minimum Gasteiger partial charge on any atom is -0.480 e. The van der Waals surface area contributed by atoms with Gasteiger partial charge in [-0.1, -0.05) is 31.5 Å². The van der Waals surface area contributed by atoms with Crippen LogP contribution in [0.3, 0.4) is 0 Å². The molecule has 0 spiro atoms. The maximum Gasteiger partial charge on any atom is 0.320 e. The average molecular weight is 290 g/mol. The Balaban J connectivity index is 1.94. The molecule has 114 valence electrons. The molecule has 5 heteroatoms. The number of rotatable bonds is 5. The first-order valence-electron chi connectivity index (χ1n) is 7.42. The van der Waals surface area contributed by atoms with Gasteiger partial charge in [0, 0.05) is 5.69 Å². The molecular formula is C16H22N2O3. The molecule has 2 unspecified atom stereocenters. The van der Waals surface area contributed by atoms with Crippen molar-refractivity contribution in [1.29, 1.82) is 0 Å². The van der Waals surface area contributed by atoms with E-state index in [-0.39, 0.29) is 12.5 Å². The number of carboxylic acids is 1. The summed E-state index contributed by atoms with van der Waals surface area (Å²) in [7, 11) is 0. The number of carbonyl (C=O) groups is 2. The van der Waals surface area contributed by atoms with E-state index in [1.54, 1.807) is 4.90 Å². The number of aliphatic carboxylic acids is 1. The molecule has 21 heavy (non-hydrogen) atoms.